The zero-order chi connectivity index (χ0) is 22.8. The highest BCUT2D eigenvalue weighted by molar-refractivity contribution is 6.33. The van der Waals surface area contributed by atoms with Gasteiger partial charge < -0.3 is 5.32 Å². The van der Waals surface area contributed by atoms with Crippen molar-refractivity contribution in [2.75, 3.05) is 5.32 Å². The number of nitrogens with one attached hydrogen (secondary N) is 1. The van der Waals surface area contributed by atoms with Gasteiger partial charge in [-0.1, -0.05) is 30.7 Å². The number of hydrogen-bond donors (Lipinski definition) is 1. The molecule has 2 aromatic carbocycles. The number of halogens is 5. The Hall–Kier alpha value is -3.20. The van der Waals surface area contributed by atoms with Gasteiger partial charge in [-0.3, -0.25) is 14.2 Å². The van der Waals surface area contributed by atoms with Crippen LogP contribution < -0.4 is 10.9 Å². The Kier molecular flexibility index (Phi) is 6.45. The summed E-state index contributed by atoms with van der Waals surface area (Å²) in [5.74, 6) is -1.29. The summed E-state index contributed by atoms with van der Waals surface area (Å²) in [7, 11) is 0. The molecule has 31 heavy (non-hydrogen) atoms. The number of benzene rings is 2. The van der Waals surface area contributed by atoms with Gasteiger partial charge in [0.1, 0.15) is 18.2 Å². The number of amides is 1. The van der Waals surface area contributed by atoms with Crippen molar-refractivity contribution in [1.82, 2.24) is 9.55 Å². The second-order valence-electron chi connectivity index (χ2n) is 6.60. The molecule has 0 aliphatic carbocycles. The number of carbonyl (C=O) groups is 1. The molecule has 0 radical (unpaired) electrons. The van der Waals surface area contributed by atoms with Gasteiger partial charge in [-0.2, -0.15) is 13.2 Å². The van der Waals surface area contributed by atoms with Crippen LogP contribution >= 0.6 is 11.6 Å². The van der Waals surface area contributed by atoms with Crippen molar-refractivity contribution < 1.29 is 22.4 Å². The van der Waals surface area contributed by atoms with Crippen LogP contribution in [0, 0.1) is 5.82 Å². The molecule has 0 bridgehead atoms. The summed E-state index contributed by atoms with van der Waals surface area (Å²) in [4.78, 5) is 29.5. The predicted octanol–water partition coefficient (Wildman–Crippen LogP) is 4.92. The Morgan fingerprint density at radius 3 is 2.55 bits per heavy atom. The molecule has 0 fully saturated rings. The lowest BCUT2D eigenvalue weighted by Gasteiger charge is -2.15. The van der Waals surface area contributed by atoms with Gasteiger partial charge in [-0.05, 0) is 36.8 Å². The van der Waals surface area contributed by atoms with Crippen molar-refractivity contribution in [3.8, 4) is 11.4 Å². The number of carbonyl (C=O) groups excluding carboxylic acids is 1. The minimum atomic E-state index is -4.62. The molecule has 1 heterocycles. The van der Waals surface area contributed by atoms with Crippen LogP contribution in [0.15, 0.2) is 53.3 Å². The summed E-state index contributed by atoms with van der Waals surface area (Å²) in [5, 5.41) is 2.19. The molecule has 0 saturated heterocycles. The van der Waals surface area contributed by atoms with E-state index in [2.05, 4.69) is 10.3 Å². The van der Waals surface area contributed by atoms with E-state index in [4.69, 9.17) is 11.6 Å². The lowest BCUT2D eigenvalue weighted by molar-refractivity contribution is -0.137. The zero-order valence-corrected chi connectivity index (χ0v) is 16.9. The number of nitrogens with zero attached hydrogens (tertiary/aromatic N) is 2. The highest BCUT2D eigenvalue weighted by Gasteiger charge is 2.31. The predicted molar refractivity (Wildman–Crippen MR) is 108 cm³/mol. The largest absolute Gasteiger partial charge is 0.416 e. The molecule has 0 unspecified atom stereocenters. The Labute approximate surface area is 179 Å². The van der Waals surface area contributed by atoms with Crippen LogP contribution in [-0.4, -0.2) is 15.5 Å². The molecule has 0 atom stereocenters. The van der Waals surface area contributed by atoms with E-state index in [0.29, 0.717) is 18.2 Å². The van der Waals surface area contributed by atoms with E-state index < -0.39 is 35.6 Å². The fourth-order valence-corrected chi connectivity index (χ4v) is 3.03. The number of alkyl halides is 3. The number of aromatic nitrogens is 2. The molecule has 3 aromatic rings. The number of anilines is 1. The summed E-state index contributed by atoms with van der Waals surface area (Å²) >= 11 is 5.90. The van der Waals surface area contributed by atoms with Crippen LogP contribution in [0.4, 0.5) is 23.2 Å². The molecule has 1 aromatic heterocycles. The van der Waals surface area contributed by atoms with Crippen LogP contribution in [0.5, 0.6) is 0 Å². The molecule has 0 aliphatic rings. The average molecular weight is 454 g/mol. The van der Waals surface area contributed by atoms with Crippen molar-refractivity contribution in [2.45, 2.75) is 26.1 Å². The van der Waals surface area contributed by atoms with E-state index in [1.807, 2.05) is 0 Å². The van der Waals surface area contributed by atoms with E-state index in [1.54, 1.807) is 6.92 Å². The van der Waals surface area contributed by atoms with E-state index >= 15 is 0 Å². The maximum atomic E-state index is 13.7. The van der Waals surface area contributed by atoms with Crippen LogP contribution in [-0.2, 0) is 23.9 Å². The van der Waals surface area contributed by atoms with Gasteiger partial charge in [0, 0.05) is 17.3 Å². The van der Waals surface area contributed by atoms with Crippen molar-refractivity contribution in [3.63, 3.8) is 0 Å². The lowest BCUT2D eigenvalue weighted by atomic mass is 10.2. The quantitative estimate of drug-likeness (QED) is 0.557. The zero-order valence-electron chi connectivity index (χ0n) is 16.1. The Balaban J connectivity index is 1.96. The molecule has 0 saturated carbocycles. The van der Waals surface area contributed by atoms with Gasteiger partial charge in [0.05, 0.1) is 16.3 Å². The maximum absolute atomic E-state index is 13.7. The third-order valence-corrected chi connectivity index (χ3v) is 4.71. The smallest absolute Gasteiger partial charge is 0.323 e. The van der Waals surface area contributed by atoms with Gasteiger partial charge in [0.15, 0.2) is 0 Å². The van der Waals surface area contributed by atoms with Crippen molar-refractivity contribution in [3.05, 3.63) is 81.0 Å². The van der Waals surface area contributed by atoms with Gasteiger partial charge >= 0.3 is 6.18 Å². The first-order valence-electron chi connectivity index (χ1n) is 9.11. The topological polar surface area (TPSA) is 64.0 Å². The van der Waals surface area contributed by atoms with Gasteiger partial charge in [-0.25, -0.2) is 9.37 Å². The molecule has 0 spiro atoms. The maximum Gasteiger partial charge on any atom is 0.416 e. The van der Waals surface area contributed by atoms with Gasteiger partial charge in [0.25, 0.3) is 5.56 Å². The van der Waals surface area contributed by atoms with Crippen molar-refractivity contribution >= 4 is 23.2 Å². The number of hydrogen-bond acceptors (Lipinski definition) is 3. The van der Waals surface area contributed by atoms with Gasteiger partial charge in [0.2, 0.25) is 5.91 Å². The lowest BCUT2D eigenvalue weighted by Crippen LogP contribution is -2.30. The summed E-state index contributed by atoms with van der Waals surface area (Å²) in [6.07, 6.45) is -4.18. The molecule has 10 heteroatoms. The Bertz CT molecular complexity index is 1190. The minimum absolute atomic E-state index is 0.0640. The fourth-order valence-electron chi connectivity index (χ4n) is 2.87. The first kappa shape index (κ1) is 22.5. The Morgan fingerprint density at radius 1 is 1.16 bits per heavy atom. The highest BCUT2D eigenvalue weighted by Crippen LogP contribution is 2.33. The van der Waals surface area contributed by atoms with E-state index in [1.165, 1.54) is 30.3 Å². The van der Waals surface area contributed by atoms with Crippen LogP contribution in [0.25, 0.3) is 11.4 Å². The summed E-state index contributed by atoms with van der Waals surface area (Å²) in [6.45, 7) is 1.22. The summed E-state index contributed by atoms with van der Waals surface area (Å²) in [6, 6.07) is 9.10. The van der Waals surface area contributed by atoms with E-state index in [0.717, 1.165) is 16.7 Å². The summed E-state index contributed by atoms with van der Waals surface area (Å²) in [5.41, 5.74) is -1.07. The second kappa shape index (κ2) is 8.89. The van der Waals surface area contributed by atoms with Crippen molar-refractivity contribution in [2.24, 2.45) is 0 Å². The van der Waals surface area contributed by atoms with E-state index in [-0.39, 0.29) is 22.1 Å². The third kappa shape index (κ3) is 5.29. The molecular weight excluding hydrogens is 438 g/mol. The molecule has 1 amide bonds. The highest BCUT2D eigenvalue weighted by atomic mass is 35.5. The minimum Gasteiger partial charge on any atom is -0.323 e. The molecule has 0 aliphatic heterocycles. The van der Waals surface area contributed by atoms with Crippen LogP contribution in [0.2, 0.25) is 5.02 Å². The molecule has 1 N–H and O–H groups in total. The molecule has 5 nitrogen and oxygen atoms in total. The normalized spacial score (nSPS) is 11.4. The number of rotatable bonds is 5. The van der Waals surface area contributed by atoms with Crippen LogP contribution in [0.3, 0.4) is 0 Å². The monoisotopic (exact) mass is 453 g/mol. The molecule has 162 valence electrons. The second-order valence-corrected chi connectivity index (χ2v) is 7.01. The first-order valence-corrected chi connectivity index (χ1v) is 9.49. The third-order valence-electron chi connectivity index (χ3n) is 4.38. The average Bonchev–Trinajstić information content (AvgIpc) is 2.70. The standard InChI is InChI=1S/C21H16ClF4N3O2/c1-2-15-10-19(31)29(20(27-15)12-4-3-5-14(23)8-12)11-18(30)28-17-9-13(21(24,25)26)6-7-16(17)22/h3-10H,2,11H2,1H3,(H,28,30). The van der Waals surface area contributed by atoms with Gasteiger partial charge in [-0.15, -0.1) is 0 Å². The fraction of sp³-hybridized carbons (Fsp3) is 0.190. The Morgan fingerprint density at radius 2 is 1.90 bits per heavy atom. The van der Waals surface area contributed by atoms with Crippen LogP contribution in [0.1, 0.15) is 18.2 Å². The van der Waals surface area contributed by atoms with Crippen molar-refractivity contribution in [1.29, 1.82) is 0 Å². The molecular formula is C21H16ClF4N3O2. The van der Waals surface area contributed by atoms with E-state index in [9.17, 15) is 27.2 Å². The first-order chi connectivity index (χ1) is 14.6. The molecule has 3 rings (SSSR count). The number of aryl methyl sites for hydroxylation is 1. The SMILES string of the molecule is CCc1cc(=O)n(CC(=O)Nc2cc(C(F)(F)F)ccc2Cl)c(-c2cccc(F)c2)n1. The summed E-state index contributed by atoms with van der Waals surface area (Å²) < 4.78 is 53.5.